The number of aryl methyl sites for hydroxylation is 1. The summed E-state index contributed by atoms with van der Waals surface area (Å²) in [5.74, 6) is -0.694. The Morgan fingerprint density at radius 2 is 1.71 bits per heavy atom. The molecule has 1 atom stereocenters. The van der Waals surface area contributed by atoms with Gasteiger partial charge >= 0.3 is 12.4 Å². The van der Waals surface area contributed by atoms with Crippen LogP contribution in [0.15, 0.2) is 47.0 Å². The Labute approximate surface area is 190 Å². The second-order valence-electron chi connectivity index (χ2n) is 8.21. The van der Waals surface area contributed by atoms with E-state index in [0.717, 1.165) is 11.1 Å². The normalized spacial score (nSPS) is 17.1. The maximum Gasteiger partial charge on any atom is 0.416 e. The van der Waals surface area contributed by atoms with Gasteiger partial charge in [-0.3, -0.25) is 4.79 Å². The Morgan fingerprint density at radius 3 is 2.32 bits per heavy atom. The Bertz CT molecular complexity index is 1170. The molecule has 1 fully saturated rings. The van der Waals surface area contributed by atoms with E-state index in [1.54, 1.807) is 0 Å². The van der Waals surface area contributed by atoms with Crippen molar-refractivity contribution in [1.82, 2.24) is 15.0 Å². The van der Waals surface area contributed by atoms with Crippen molar-refractivity contribution in [3.63, 3.8) is 0 Å². The van der Waals surface area contributed by atoms with Crippen molar-refractivity contribution in [2.75, 3.05) is 13.1 Å². The van der Waals surface area contributed by atoms with E-state index in [0.29, 0.717) is 30.8 Å². The lowest BCUT2D eigenvalue weighted by atomic mass is 9.96. The number of rotatable bonds is 3. The summed E-state index contributed by atoms with van der Waals surface area (Å²) >= 11 is 0. The zero-order chi connectivity index (χ0) is 24.7. The maximum absolute atomic E-state index is 13.2. The van der Waals surface area contributed by atoms with Crippen molar-refractivity contribution in [3.8, 4) is 11.4 Å². The number of carbonyl (C=O) groups excluding carboxylic acids is 1. The third-order valence-corrected chi connectivity index (χ3v) is 5.61. The van der Waals surface area contributed by atoms with Crippen LogP contribution in [0.5, 0.6) is 0 Å². The second-order valence-corrected chi connectivity index (χ2v) is 8.21. The Morgan fingerprint density at radius 1 is 1.03 bits per heavy atom. The third kappa shape index (κ3) is 5.07. The number of halogens is 6. The molecule has 0 bridgehead atoms. The number of amides is 1. The van der Waals surface area contributed by atoms with Gasteiger partial charge in [0.2, 0.25) is 11.7 Å². The van der Waals surface area contributed by atoms with Gasteiger partial charge in [0, 0.05) is 24.2 Å². The molecule has 2 heterocycles. The molecule has 34 heavy (non-hydrogen) atoms. The molecule has 1 amide bonds. The summed E-state index contributed by atoms with van der Waals surface area (Å²) in [4.78, 5) is 18.5. The van der Waals surface area contributed by atoms with E-state index < -0.39 is 40.9 Å². The Hall–Kier alpha value is -3.37. The quantitative estimate of drug-likeness (QED) is 0.423. The maximum atomic E-state index is 13.2. The number of nitrogens with zero attached hydrogens (tertiary/aromatic N) is 3. The fraction of sp³-hybridized carbons (Fsp3) is 0.348. The first-order chi connectivity index (χ1) is 15.9. The molecule has 2 aromatic carbocycles. The first-order valence-electron chi connectivity index (χ1n) is 10.4. The number of aromatic nitrogens is 2. The van der Waals surface area contributed by atoms with Crippen LogP contribution in [-0.2, 0) is 12.4 Å². The van der Waals surface area contributed by atoms with Gasteiger partial charge in [0.1, 0.15) is 0 Å². The molecular weight excluding hydrogens is 464 g/mol. The molecule has 3 aromatic rings. The van der Waals surface area contributed by atoms with Gasteiger partial charge in [0.15, 0.2) is 0 Å². The Balaban J connectivity index is 1.58. The summed E-state index contributed by atoms with van der Waals surface area (Å²) in [5.41, 5.74) is -1.99. The number of hydrogen-bond acceptors (Lipinski definition) is 4. The monoisotopic (exact) mass is 483 g/mol. The predicted molar refractivity (Wildman–Crippen MR) is 109 cm³/mol. The fourth-order valence-electron chi connectivity index (χ4n) is 3.93. The smallest absolute Gasteiger partial charge is 0.339 e. The van der Waals surface area contributed by atoms with Crippen LogP contribution in [0.2, 0.25) is 0 Å². The molecule has 1 aromatic heterocycles. The molecule has 0 N–H and O–H groups in total. The van der Waals surface area contributed by atoms with Gasteiger partial charge in [-0.1, -0.05) is 28.9 Å². The highest BCUT2D eigenvalue weighted by Gasteiger charge is 2.38. The SMILES string of the molecule is Cc1cccc(-c2noc(C3CCCN(C(=O)c4cc(C(F)(F)F)cc(C(F)(F)F)c4)C3)n2)c1. The number of likely N-dealkylation sites (tertiary alicyclic amines) is 1. The summed E-state index contributed by atoms with van der Waals surface area (Å²) in [6.45, 7) is 2.13. The van der Waals surface area contributed by atoms with Crippen LogP contribution in [0.3, 0.4) is 0 Å². The molecule has 1 unspecified atom stereocenters. The van der Waals surface area contributed by atoms with Crippen LogP contribution < -0.4 is 0 Å². The minimum absolute atomic E-state index is 0.00104. The standard InChI is InChI=1S/C23H19F6N3O2/c1-13-4-2-5-14(8-13)19-30-20(34-31-19)15-6-3-7-32(12-15)21(33)16-9-17(22(24,25)26)11-18(10-16)23(27,28)29/h2,4-5,8-11,15H,3,6-7,12H2,1H3. The van der Waals surface area contributed by atoms with Gasteiger partial charge in [-0.25, -0.2) is 0 Å². The zero-order valence-corrected chi connectivity index (χ0v) is 17.9. The number of piperidine rings is 1. The van der Waals surface area contributed by atoms with E-state index in [4.69, 9.17) is 4.52 Å². The minimum atomic E-state index is -5.03. The van der Waals surface area contributed by atoms with Crippen LogP contribution in [0, 0.1) is 6.92 Å². The van der Waals surface area contributed by atoms with Crippen molar-refractivity contribution in [1.29, 1.82) is 0 Å². The fourth-order valence-corrected chi connectivity index (χ4v) is 3.93. The summed E-state index contributed by atoms with van der Waals surface area (Å²) in [5, 5.41) is 3.97. The van der Waals surface area contributed by atoms with Crippen LogP contribution in [0.1, 0.15) is 51.7 Å². The van der Waals surface area contributed by atoms with E-state index in [9.17, 15) is 31.1 Å². The lowest BCUT2D eigenvalue weighted by molar-refractivity contribution is -0.143. The number of hydrogen-bond donors (Lipinski definition) is 0. The van der Waals surface area contributed by atoms with Gasteiger partial charge in [-0.15, -0.1) is 0 Å². The van der Waals surface area contributed by atoms with Crippen molar-refractivity contribution in [2.24, 2.45) is 0 Å². The molecule has 0 saturated carbocycles. The minimum Gasteiger partial charge on any atom is -0.339 e. The average molecular weight is 483 g/mol. The van der Waals surface area contributed by atoms with Crippen LogP contribution in [0.4, 0.5) is 26.3 Å². The summed E-state index contributed by atoms with van der Waals surface area (Å²) in [6, 6.07) is 8.33. The highest BCUT2D eigenvalue weighted by Crippen LogP contribution is 2.37. The zero-order valence-electron chi connectivity index (χ0n) is 17.9. The highest BCUT2D eigenvalue weighted by molar-refractivity contribution is 5.94. The van der Waals surface area contributed by atoms with Gasteiger partial charge in [-0.05, 0) is 44.0 Å². The molecular formula is C23H19F6N3O2. The summed E-state index contributed by atoms with van der Waals surface area (Å²) < 4.78 is 84.4. The van der Waals surface area contributed by atoms with Crippen molar-refractivity contribution in [3.05, 3.63) is 70.6 Å². The lowest BCUT2D eigenvalue weighted by Gasteiger charge is -2.31. The van der Waals surface area contributed by atoms with Crippen molar-refractivity contribution >= 4 is 5.91 Å². The first kappa shape index (κ1) is 23.8. The Kier molecular flexibility index (Phi) is 6.13. The van der Waals surface area contributed by atoms with E-state index in [1.165, 1.54) is 4.90 Å². The lowest BCUT2D eigenvalue weighted by Crippen LogP contribution is -2.39. The van der Waals surface area contributed by atoms with E-state index in [1.807, 2.05) is 31.2 Å². The molecule has 1 aliphatic rings. The number of benzene rings is 2. The van der Waals surface area contributed by atoms with E-state index in [2.05, 4.69) is 10.1 Å². The van der Waals surface area contributed by atoms with Gasteiger partial charge in [0.25, 0.3) is 5.91 Å². The first-order valence-corrected chi connectivity index (χ1v) is 10.4. The van der Waals surface area contributed by atoms with Gasteiger partial charge in [0.05, 0.1) is 17.0 Å². The highest BCUT2D eigenvalue weighted by atomic mass is 19.4. The van der Waals surface area contributed by atoms with Crippen LogP contribution in [0.25, 0.3) is 11.4 Å². The molecule has 180 valence electrons. The topological polar surface area (TPSA) is 59.2 Å². The molecule has 4 rings (SSSR count). The molecule has 0 radical (unpaired) electrons. The average Bonchev–Trinajstić information content (AvgIpc) is 3.28. The molecule has 5 nitrogen and oxygen atoms in total. The molecule has 1 aliphatic heterocycles. The van der Waals surface area contributed by atoms with Gasteiger partial charge < -0.3 is 9.42 Å². The van der Waals surface area contributed by atoms with Crippen molar-refractivity contribution < 1.29 is 35.7 Å². The number of carbonyl (C=O) groups is 1. The molecule has 1 saturated heterocycles. The molecule has 11 heteroatoms. The largest absolute Gasteiger partial charge is 0.416 e. The molecule has 0 spiro atoms. The van der Waals surface area contributed by atoms with E-state index in [-0.39, 0.29) is 25.0 Å². The van der Waals surface area contributed by atoms with Gasteiger partial charge in [-0.2, -0.15) is 31.3 Å². The van der Waals surface area contributed by atoms with Crippen LogP contribution in [-0.4, -0.2) is 34.0 Å². The summed E-state index contributed by atoms with van der Waals surface area (Å²) in [7, 11) is 0. The van der Waals surface area contributed by atoms with Crippen LogP contribution >= 0.6 is 0 Å². The summed E-state index contributed by atoms with van der Waals surface area (Å²) in [6.07, 6.45) is -9.01. The van der Waals surface area contributed by atoms with Crippen molar-refractivity contribution in [2.45, 2.75) is 38.0 Å². The third-order valence-electron chi connectivity index (χ3n) is 5.61. The second kappa shape index (κ2) is 8.77. The molecule has 0 aliphatic carbocycles. The predicted octanol–water partition coefficient (Wildman–Crippen LogP) is 6.10. The van der Waals surface area contributed by atoms with E-state index >= 15 is 0 Å². The number of alkyl halides is 6.